The van der Waals surface area contributed by atoms with Crippen molar-refractivity contribution >= 4 is 17.6 Å². The molecule has 0 radical (unpaired) electrons. The zero-order valence-corrected chi connectivity index (χ0v) is 15.8. The van der Waals surface area contributed by atoms with E-state index in [1.807, 2.05) is 50.2 Å². The average molecular weight is 364 g/mol. The number of carbonyl (C=O) groups excluding carboxylic acids is 2. The summed E-state index contributed by atoms with van der Waals surface area (Å²) in [6.45, 7) is 5.56. The van der Waals surface area contributed by atoms with Crippen LogP contribution in [0.15, 0.2) is 54.6 Å². The molecule has 0 bridgehead atoms. The monoisotopic (exact) mass is 364 g/mol. The van der Waals surface area contributed by atoms with Crippen LogP contribution >= 0.6 is 0 Å². The van der Waals surface area contributed by atoms with Gasteiger partial charge in [0.05, 0.1) is 17.6 Å². The molecular formula is C22H24N2O3. The molecule has 2 aromatic carbocycles. The number of nitriles is 1. The van der Waals surface area contributed by atoms with Gasteiger partial charge in [-0.05, 0) is 36.6 Å². The van der Waals surface area contributed by atoms with E-state index in [0.29, 0.717) is 11.3 Å². The van der Waals surface area contributed by atoms with Gasteiger partial charge in [0.15, 0.2) is 6.10 Å². The molecule has 0 aliphatic rings. The Balaban J connectivity index is 2.07. The van der Waals surface area contributed by atoms with Crippen LogP contribution in [0.2, 0.25) is 0 Å². The highest BCUT2D eigenvalue weighted by molar-refractivity contribution is 5.95. The maximum absolute atomic E-state index is 12.8. The summed E-state index contributed by atoms with van der Waals surface area (Å²) >= 11 is 0. The predicted octanol–water partition coefficient (Wildman–Crippen LogP) is 4.26. The molecule has 0 spiro atoms. The van der Waals surface area contributed by atoms with Gasteiger partial charge in [-0.1, -0.05) is 56.7 Å². The van der Waals surface area contributed by atoms with Crippen LogP contribution in [0.5, 0.6) is 0 Å². The van der Waals surface area contributed by atoms with Gasteiger partial charge in [-0.15, -0.1) is 0 Å². The molecule has 140 valence electrons. The quantitative estimate of drug-likeness (QED) is 0.745. The zero-order chi connectivity index (χ0) is 19.8. The molecule has 0 aromatic heterocycles. The fourth-order valence-corrected chi connectivity index (χ4v) is 2.80. The number of hydrogen-bond acceptors (Lipinski definition) is 4. The van der Waals surface area contributed by atoms with E-state index in [0.717, 1.165) is 12.0 Å². The molecule has 2 rings (SSSR count). The molecule has 2 aromatic rings. The first-order valence-electron chi connectivity index (χ1n) is 9.02. The van der Waals surface area contributed by atoms with E-state index < -0.39 is 23.9 Å². The normalized spacial score (nSPS) is 13.7. The van der Waals surface area contributed by atoms with E-state index in [1.54, 1.807) is 31.2 Å². The third kappa shape index (κ3) is 5.42. The Morgan fingerprint density at radius 2 is 1.81 bits per heavy atom. The molecule has 27 heavy (non-hydrogen) atoms. The molecule has 0 fully saturated rings. The largest absolute Gasteiger partial charge is 0.452 e. The summed E-state index contributed by atoms with van der Waals surface area (Å²) in [7, 11) is 0. The van der Waals surface area contributed by atoms with Crippen molar-refractivity contribution in [2.45, 2.75) is 39.2 Å². The number of nitrogens with zero attached hydrogens (tertiary/aromatic N) is 1. The lowest BCUT2D eigenvalue weighted by atomic mass is 9.85. The number of anilines is 1. The van der Waals surface area contributed by atoms with Crippen LogP contribution in [0.4, 0.5) is 5.69 Å². The summed E-state index contributed by atoms with van der Waals surface area (Å²) in [6, 6.07) is 18.1. The van der Waals surface area contributed by atoms with Gasteiger partial charge in [-0.25, -0.2) is 0 Å². The molecular weight excluding hydrogens is 340 g/mol. The fraction of sp³-hybridized carbons (Fsp3) is 0.318. The topological polar surface area (TPSA) is 79.2 Å². The highest BCUT2D eigenvalue weighted by atomic mass is 16.5. The molecule has 5 heteroatoms. The number of carbonyl (C=O) groups is 2. The summed E-state index contributed by atoms with van der Waals surface area (Å²) in [5, 5.41) is 11.6. The molecule has 3 atom stereocenters. The van der Waals surface area contributed by atoms with Gasteiger partial charge in [0.1, 0.15) is 0 Å². The van der Waals surface area contributed by atoms with E-state index in [2.05, 4.69) is 5.32 Å². The minimum atomic E-state index is -0.946. The van der Waals surface area contributed by atoms with Crippen molar-refractivity contribution in [3.8, 4) is 6.07 Å². The maximum Gasteiger partial charge on any atom is 0.314 e. The summed E-state index contributed by atoms with van der Waals surface area (Å²) in [5.74, 6) is -1.19. The van der Waals surface area contributed by atoms with Crippen LogP contribution in [0.25, 0.3) is 0 Å². The second-order valence-electron chi connectivity index (χ2n) is 6.53. The molecule has 0 heterocycles. The molecule has 0 saturated carbocycles. The number of rotatable bonds is 7. The summed E-state index contributed by atoms with van der Waals surface area (Å²) < 4.78 is 5.46. The first-order chi connectivity index (χ1) is 13.0. The molecule has 0 aliphatic heterocycles. The molecule has 1 amide bonds. The Morgan fingerprint density at radius 3 is 2.44 bits per heavy atom. The first kappa shape index (κ1) is 20.2. The number of esters is 1. The van der Waals surface area contributed by atoms with Gasteiger partial charge in [-0.2, -0.15) is 5.26 Å². The summed E-state index contributed by atoms with van der Waals surface area (Å²) in [4.78, 5) is 25.1. The van der Waals surface area contributed by atoms with Crippen LogP contribution in [0.1, 0.15) is 44.2 Å². The standard InChI is InChI=1S/C22H24N2O3/c1-4-15(2)20(18-10-6-5-7-11-18)22(26)27-16(3)21(25)24-19-12-8-9-17(13-19)14-23/h5-13,15-16,20H,4H2,1-3H3,(H,24,25)/t15-,16+,20-/m1/s1. The number of hydrogen-bond donors (Lipinski definition) is 1. The minimum absolute atomic E-state index is 0.0856. The van der Waals surface area contributed by atoms with Crippen molar-refractivity contribution in [1.29, 1.82) is 5.26 Å². The number of benzene rings is 2. The molecule has 5 nitrogen and oxygen atoms in total. The second kappa shape index (κ2) is 9.54. The van der Waals surface area contributed by atoms with E-state index in [1.165, 1.54) is 0 Å². The number of nitrogens with one attached hydrogen (secondary N) is 1. The second-order valence-corrected chi connectivity index (χ2v) is 6.53. The molecule has 0 aliphatic carbocycles. The Labute approximate surface area is 160 Å². The van der Waals surface area contributed by atoms with Crippen molar-refractivity contribution in [1.82, 2.24) is 0 Å². The zero-order valence-electron chi connectivity index (χ0n) is 15.8. The summed E-state index contributed by atoms with van der Waals surface area (Å²) in [6.07, 6.45) is -0.130. The smallest absolute Gasteiger partial charge is 0.314 e. The van der Waals surface area contributed by atoms with Crippen LogP contribution in [-0.2, 0) is 14.3 Å². The number of amides is 1. The Kier molecular flexibility index (Phi) is 7.13. The van der Waals surface area contributed by atoms with E-state index in [9.17, 15) is 9.59 Å². The van der Waals surface area contributed by atoms with Crippen molar-refractivity contribution < 1.29 is 14.3 Å². The van der Waals surface area contributed by atoms with E-state index >= 15 is 0 Å². The Morgan fingerprint density at radius 1 is 1.11 bits per heavy atom. The van der Waals surface area contributed by atoms with Crippen molar-refractivity contribution in [3.63, 3.8) is 0 Å². The lowest BCUT2D eigenvalue weighted by Gasteiger charge is -2.23. The third-order valence-corrected chi connectivity index (χ3v) is 4.55. The fourth-order valence-electron chi connectivity index (χ4n) is 2.80. The van der Waals surface area contributed by atoms with Gasteiger partial charge in [0.25, 0.3) is 5.91 Å². The first-order valence-corrected chi connectivity index (χ1v) is 9.02. The summed E-state index contributed by atoms with van der Waals surface area (Å²) in [5.41, 5.74) is 1.81. The SMILES string of the molecule is CC[C@@H](C)[C@@H](C(=O)O[C@@H](C)C(=O)Nc1cccc(C#N)c1)c1ccccc1. The van der Waals surface area contributed by atoms with Crippen LogP contribution in [0.3, 0.4) is 0 Å². The van der Waals surface area contributed by atoms with Gasteiger partial charge in [0.2, 0.25) is 0 Å². The highest BCUT2D eigenvalue weighted by Gasteiger charge is 2.30. The maximum atomic E-state index is 12.8. The van der Waals surface area contributed by atoms with Gasteiger partial charge in [-0.3, -0.25) is 9.59 Å². The van der Waals surface area contributed by atoms with Crippen molar-refractivity contribution in [2.75, 3.05) is 5.32 Å². The molecule has 1 N–H and O–H groups in total. The lowest BCUT2D eigenvalue weighted by Crippen LogP contribution is -2.33. The highest BCUT2D eigenvalue weighted by Crippen LogP contribution is 2.28. The van der Waals surface area contributed by atoms with Crippen molar-refractivity contribution in [2.24, 2.45) is 5.92 Å². The molecule has 0 unspecified atom stereocenters. The van der Waals surface area contributed by atoms with Crippen LogP contribution in [0, 0.1) is 17.2 Å². The van der Waals surface area contributed by atoms with E-state index in [4.69, 9.17) is 10.00 Å². The van der Waals surface area contributed by atoms with Crippen molar-refractivity contribution in [3.05, 3.63) is 65.7 Å². The minimum Gasteiger partial charge on any atom is -0.452 e. The van der Waals surface area contributed by atoms with E-state index in [-0.39, 0.29) is 5.92 Å². The molecule has 0 saturated heterocycles. The Hall–Kier alpha value is -3.13. The lowest BCUT2D eigenvalue weighted by molar-refractivity contribution is -0.155. The van der Waals surface area contributed by atoms with Crippen LogP contribution < -0.4 is 5.32 Å². The van der Waals surface area contributed by atoms with Gasteiger partial charge < -0.3 is 10.1 Å². The van der Waals surface area contributed by atoms with Gasteiger partial charge in [0, 0.05) is 5.69 Å². The van der Waals surface area contributed by atoms with Crippen LogP contribution in [-0.4, -0.2) is 18.0 Å². The number of ether oxygens (including phenoxy) is 1. The Bertz CT molecular complexity index is 827. The van der Waals surface area contributed by atoms with Gasteiger partial charge >= 0.3 is 5.97 Å². The third-order valence-electron chi connectivity index (χ3n) is 4.55. The average Bonchev–Trinajstić information content (AvgIpc) is 2.68. The predicted molar refractivity (Wildman–Crippen MR) is 104 cm³/mol.